The lowest BCUT2D eigenvalue weighted by atomic mass is 9.79. The maximum Gasteiger partial charge on any atom is -0.0120 e. The van der Waals surface area contributed by atoms with Crippen LogP contribution in [0, 0.1) is 23.7 Å². The molecule has 0 N–H and O–H groups in total. The first-order chi connectivity index (χ1) is 18.2. The molecular weight excluding hydrogens is 482 g/mol. The molecule has 4 aromatic carbocycles. The summed E-state index contributed by atoms with van der Waals surface area (Å²) in [5.74, 6) is 2.81. The van der Waals surface area contributed by atoms with E-state index >= 15 is 0 Å². The molecule has 2 aliphatic rings. The molecule has 37 heavy (non-hydrogen) atoms. The summed E-state index contributed by atoms with van der Waals surface area (Å²) in [6.07, 6.45) is 6.49. The summed E-state index contributed by atoms with van der Waals surface area (Å²) >= 11 is 0. The van der Waals surface area contributed by atoms with Crippen LogP contribution in [0.3, 0.4) is 0 Å². The highest BCUT2D eigenvalue weighted by Gasteiger charge is 2.51. The molecule has 6 atom stereocenters. The van der Waals surface area contributed by atoms with E-state index in [2.05, 4.69) is 147 Å². The minimum absolute atomic E-state index is 0.441. The van der Waals surface area contributed by atoms with Gasteiger partial charge in [-0.05, 0) is 78.5 Å². The Balaban J connectivity index is 1.41. The minimum Gasteiger partial charge on any atom is -0.0848 e. The van der Waals surface area contributed by atoms with Crippen molar-refractivity contribution in [1.82, 2.24) is 0 Å². The average Bonchev–Trinajstić information content (AvgIpc) is 3.58. The molecule has 2 aliphatic carbocycles. The summed E-state index contributed by atoms with van der Waals surface area (Å²) in [4.78, 5) is 0. The largest absolute Gasteiger partial charge is 0.0848 e. The maximum absolute atomic E-state index is 2.58. The molecule has 186 valence electrons. The highest BCUT2D eigenvalue weighted by Crippen LogP contribution is 2.61. The van der Waals surface area contributed by atoms with Crippen molar-refractivity contribution in [2.75, 3.05) is 0 Å². The molecule has 0 heterocycles. The van der Waals surface area contributed by atoms with E-state index in [0.29, 0.717) is 35.0 Å². The zero-order valence-corrected chi connectivity index (χ0v) is 23.6. The van der Waals surface area contributed by atoms with Crippen LogP contribution in [0.4, 0.5) is 0 Å². The quantitative estimate of drug-likeness (QED) is 0.168. The van der Waals surface area contributed by atoms with Crippen LogP contribution in [0.2, 0.25) is 0 Å². The van der Waals surface area contributed by atoms with Gasteiger partial charge in [-0.3, -0.25) is 0 Å². The maximum atomic E-state index is 2.58. The average molecular weight is 519 g/mol. The summed E-state index contributed by atoms with van der Waals surface area (Å²) < 4.78 is 0. The van der Waals surface area contributed by atoms with Crippen molar-refractivity contribution in [2.45, 2.75) is 31.6 Å². The molecule has 1 saturated carbocycles. The van der Waals surface area contributed by atoms with Crippen LogP contribution in [0.15, 0.2) is 133 Å². The van der Waals surface area contributed by atoms with Gasteiger partial charge in [0.25, 0.3) is 0 Å². The van der Waals surface area contributed by atoms with Gasteiger partial charge < -0.3 is 0 Å². The van der Waals surface area contributed by atoms with Crippen LogP contribution in [0.1, 0.15) is 20.3 Å². The molecule has 2 bridgehead atoms. The number of hydrogen-bond donors (Lipinski definition) is 0. The lowest BCUT2D eigenvalue weighted by Crippen LogP contribution is -2.39. The summed E-state index contributed by atoms with van der Waals surface area (Å²) in [5, 5.41) is 6.07. The van der Waals surface area contributed by atoms with Gasteiger partial charge in [0.05, 0.1) is 0 Å². The van der Waals surface area contributed by atoms with Crippen LogP contribution >= 0.6 is 15.8 Å². The third-order valence-corrected chi connectivity index (χ3v) is 14.4. The van der Waals surface area contributed by atoms with Gasteiger partial charge in [-0.2, -0.15) is 0 Å². The van der Waals surface area contributed by atoms with E-state index in [1.165, 1.54) is 27.6 Å². The van der Waals surface area contributed by atoms with Crippen molar-refractivity contribution in [3.63, 3.8) is 0 Å². The van der Waals surface area contributed by atoms with E-state index in [-0.39, 0.29) is 0 Å². The zero-order valence-electron chi connectivity index (χ0n) is 21.8. The number of fused-ring (bicyclic) bond motifs is 2. The Morgan fingerprint density at radius 1 is 0.459 bits per heavy atom. The molecule has 4 aromatic rings. The Morgan fingerprint density at radius 2 is 0.730 bits per heavy atom. The van der Waals surface area contributed by atoms with Crippen molar-refractivity contribution < 1.29 is 0 Å². The van der Waals surface area contributed by atoms with Crippen molar-refractivity contribution in [2.24, 2.45) is 23.7 Å². The van der Waals surface area contributed by atoms with E-state index in [4.69, 9.17) is 0 Å². The molecular formula is C35H36P2. The summed E-state index contributed by atoms with van der Waals surface area (Å²) in [7, 11) is -0.882. The van der Waals surface area contributed by atoms with E-state index in [1.54, 1.807) is 0 Å². The SMILES string of the molecule is CC(C1C2C=CC(C2)C1C(C)P(c1ccccc1)c1ccccc1)P(c1ccccc1)c1ccccc1. The van der Waals surface area contributed by atoms with Gasteiger partial charge in [0.2, 0.25) is 0 Å². The molecule has 6 rings (SSSR count). The third kappa shape index (κ3) is 4.88. The smallest absolute Gasteiger partial charge is 0.0120 e. The van der Waals surface area contributed by atoms with Crippen LogP contribution in [-0.2, 0) is 0 Å². The lowest BCUT2D eigenvalue weighted by Gasteiger charge is -2.42. The Bertz CT molecular complexity index is 1120. The fraction of sp³-hybridized carbons (Fsp3) is 0.257. The molecule has 0 amide bonds. The molecule has 0 radical (unpaired) electrons. The molecule has 0 spiro atoms. The van der Waals surface area contributed by atoms with Crippen molar-refractivity contribution in [3.8, 4) is 0 Å². The summed E-state index contributed by atoms with van der Waals surface area (Å²) in [5.41, 5.74) is 1.24. The van der Waals surface area contributed by atoms with Gasteiger partial charge in [-0.15, -0.1) is 0 Å². The van der Waals surface area contributed by atoms with E-state index in [9.17, 15) is 0 Å². The fourth-order valence-electron chi connectivity index (χ4n) is 7.19. The van der Waals surface area contributed by atoms with Crippen LogP contribution in [0.5, 0.6) is 0 Å². The fourth-order valence-corrected chi connectivity index (χ4v) is 13.2. The van der Waals surface area contributed by atoms with Gasteiger partial charge in [-0.1, -0.05) is 147 Å². The number of rotatable bonds is 8. The Hall–Kier alpha value is -2.52. The van der Waals surface area contributed by atoms with Gasteiger partial charge in [0.1, 0.15) is 0 Å². The summed E-state index contributed by atoms with van der Waals surface area (Å²) in [6, 6.07) is 45.4. The predicted octanol–water partition coefficient (Wildman–Crippen LogP) is 7.47. The second-order valence-corrected chi connectivity index (χ2v) is 15.8. The van der Waals surface area contributed by atoms with Crippen molar-refractivity contribution in [1.29, 1.82) is 0 Å². The standard InChI is InChI=1S/C35H36P2/c1-26(36(30-15-7-3-8-16-30)31-17-9-4-10-18-31)34-28-23-24-29(25-28)35(34)27(2)37(32-19-11-5-12-20-32)33-21-13-6-14-22-33/h3-24,26-29,34-35H,25H2,1-2H3. The second-order valence-electron chi connectivity index (χ2n) is 10.7. The van der Waals surface area contributed by atoms with Gasteiger partial charge in [0, 0.05) is 0 Å². The van der Waals surface area contributed by atoms with Gasteiger partial charge in [0.15, 0.2) is 0 Å². The molecule has 0 aromatic heterocycles. The van der Waals surface area contributed by atoms with Crippen LogP contribution < -0.4 is 21.2 Å². The minimum atomic E-state index is -0.441. The van der Waals surface area contributed by atoms with Crippen molar-refractivity contribution >= 4 is 37.1 Å². The Morgan fingerprint density at radius 3 is 1.00 bits per heavy atom. The highest BCUT2D eigenvalue weighted by molar-refractivity contribution is 7.74. The van der Waals surface area contributed by atoms with E-state index in [1.807, 2.05) is 0 Å². The van der Waals surface area contributed by atoms with Crippen LogP contribution in [-0.4, -0.2) is 11.3 Å². The molecule has 0 aliphatic heterocycles. The second kappa shape index (κ2) is 11.1. The van der Waals surface area contributed by atoms with Crippen LogP contribution in [0.25, 0.3) is 0 Å². The monoisotopic (exact) mass is 518 g/mol. The molecule has 2 heteroatoms. The number of hydrogen-bond acceptors (Lipinski definition) is 0. The van der Waals surface area contributed by atoms with Crippen molar-refractivity contribution in [3.05, 3.63) is 133 Å². The lowest BCUT2D eigenvalue weighted by molar-refractivity contribution is 0.304. The zero-order chi connectivity index (χ0) is 25.2. The van der Waals surface area contributed by atoms with Gasteiger partial charge in [-0.25, -0.2) is 0 Å². The van der Waals surface area contributed by atoms with E-state index < -0.39 is 15.8 Å². The molecule has 0 saturated heterocycles. The first kappa shape index (κ1) is 24.8. The summed E-state index contributed by atoms with van der Waals surface area (Å²) in [6.45, 7) is 5.16. The number of benzene rings is 4. The third-order valence-electron chi connectivity index (χ3n) is 8.65. The normalized spacial score (nSPS) is 24.0. The first-order valence-electron chi connectivity index (χ1n) is 13.7. The predicted molar refractivity (Wildman–Crippen MR) is 165 cm³/mol. The number of allylic oxidation sites excluding steroid dienone is 2. The Labute approximate surface area is 225 Å². The van der Waals surface area contributed by atoms with Gasteiger partial charge >= 0.3 is 0 Å². The first-order valence-corrected chi connectivity index (χ1v) is 16.5. The topological polar surface area (TPSA) is 0 Å². The highest BCUT2D eigenvalue weighted by atomic mass is 31.1. The molecule has 1 fully saturated rings. The Kier molecular flexibility index (Phi) is 7.42. The molecule has 0 nitrogen and oxygen atoms in total. The van der Waals surface area contributed by atoms with E-state index in [0.717, 1.165) is 0 Å². The molecule has 6 unspecified atom stereocenters.